The summed E-state index contributed by atoms with van der Waals surface area (Å²) in [7, 11) is 0. The molecule has 6 heteroatoms. The molecule has 110 valence electrons. The fourth-order valence-corrected chi connectivity index (χ4v) is 2.57. The third-order valence-electron chi connectivity index (χ3n) is 3.05. The fraction of sp³-hybridized carbons (Fsp3) is 0. The summed E-state index contributed by atoms with van der Waals surface area (Å²) in [5, 5.41) is 1.24. The average molecular weight is 378 g/mol. The zero-order chi connectivity index (χ0) is 15.7. The number of carbonyl (C=O) groups is 1. The maximum Gasteiger partial charge on any atom is 0.254 e. The zero-order valence-electron chi connectivity index (χ0n) is 11.2. The molecule has 0 atom stereocenters. The molecule has 3 aromatic rings. The Bertz CT molecular complexity index is 950. The highest BCUT2D eigenvalue weighted by Gasteiger charge is 2.10. The molecular formula is C16H10BrClN2O2. The van der Waals surface area contributed by atoms with Crippen molar-refractivity contribution in [2.24, 2.45) is 10.7 Å². The molecule has 2 N–H and O–H groups in total. The van der Waals surface area contributed by atoms with Crippen LogP contribution in [0.25, 0.3) is 11.0 Å². The van der Waals surface area contributed by atoms with E-state index in [1.54, 1.807) is 30.3 Å². The molecule has 1 amide bonds. The number of halogens is 2. The number of nitrogens with zero attached hydrogens (tertiary/aromatic N) is 1. The van der Waals surface area contributed by atoms with Gasteiger partial charge in [0.2, 0.25) is 5.55 Å². The van der Waals surface area contributed by atoms with Gasteiger partial charge < -0.3 is 10.2 Å². The molecule has 0 radical (unpaired) electrons. The van der Waals surface area contributed by atoms with Gasteiger partial charge in [0.15, 0.2) is 0 Å². The van der Waals surface area contributed by atoms with Gasteiger partial charge in [0.25, 0.3) is 5.91 Å². The van der Waals surface area contributed by atoms with Crippen LogP contribution < -0.4 is 11.3 Å². The van der Waals surface area contributed by atoms with Gasteiger partial charge in [-0.15, -0.1) is 0 Å². The second-order valence-electron chi connectivity index (χ2n) is 4.57. The van der Waals surface area contributed by atoms with E-state index in [4.69, 9.17) is 21.8 Å². The first-order valence-electron chi connectivity index (χ1n) is 6.37. The lowest BCUT2D eigenvalue weighted by atomic mass is 10.2. The molecule has 4 nitrogen and oxygen atoms in total. The summed E-state index contributed by atoms with van der Waals surface area (Å²) in [6.07, 6.45) is 0. The minimum absolute atomic E-state index is 0.161. The summed E-state index contributed by atoms with van der Waals surface area (Å²) in [6, 6.07) is 14.1. The Balaban J connectivity index is 2.32. The van der Waals surface area contributed by atoms with Gasteiger partial charge in [-0.3, -0.25) is 4.79 Å². The van der Waals surface area contributed by atoms with E-state index in [0.717, 1.165) is 4.47 Å². The standard InChI is InChI=1S/C16H10BrClN2O2/c17-12-3-1-2-4-13(12)20-16-11(15(19)21)8-9-7-10(18)5-6-14(9)22-16/h1-8H,(H2,19,21). The topological polar surface area (TPSA) is 68.6 Å². The predicted molar refractivity (Wildman–Crippen MR) is 89.1 cm³/mol. The lowest BCUT2D eigenvalue weighted by molar-refractivity contribution is 0.0996. The lowest BCUT2D eigenvalue weighted by Crippen LogP contribution is -2.21. The van der Waals surface area contributed by atoms with Gasteiger partial charge in [-0.2, -0.15) is 0 Å². The molecule has 0 saturated carbocycles. The molecule has 0 aliphatic carbocycles. The van der Waals surface area contributed by atoms with E-state index in [1.807, 2.05) is 18.2 Å². The second kappa shape index (κ2) is 5.94. The van der Waals surface area contributed by atoms with Crippen molar-refractivity contribution in [1.82, 2.24) is 0 Å². The summed E-state index contributed by atoms with van der Waals surface area (Å²) in [5.41, 5.74) is 7.00. The number of hydrogen-bond acceptors (Lipinski definition) is 3. The number of rotatable bonds is 2. The van der Waals surface area contributed by atoms with Crippen molar-refractivity contribution in [3.63, 3.8) is 0 Å². The van der Waals surface area contributed by atoms with Gasteiger partial charge in [-0.25, -0.2) is 4.99 Å². The van der Waals surface area contributed by atoms with Crippen LogP contribution in [-0.4, -0.2) is 5.91 Å². The summed E-state index contributed by atoms with van der Waals surface area (Å²) < 4.78 is 6.51. The maximum absolute atomic E-state index is 11.7. The van der Waals surface area contributed by atoms with Gasteiger partial charge in [0.1, 0.15) is 11.1 Å². The first kappa shape index (κ1) is 14.8. The van der Waals surface area contributed by atoms with Crippen molar-refractivity contribution >= 4 is 50.1 Å². The molecule has 1 aromatic heterocycles. The highest BCUT2D eigenvalue weighted by molar-refractivity contribution is 9.10. The Morgan fingerprint density at radius 1 is 1.18 bits per heavy atom. The molecule has 1 heterocycles. The Hall–Kier alpha value is -2.11. The third kappa shape index (κ3) is 2.91. The average Bonchev–Trinajstić information content (AvgIpc) is 2.49. The number of primary amides is 1. The van der Waals surface area contributed by atoms with Crippen LogP contribution in [0.1, 0.15) is 10.4 Å². The summed E-state index contributed by atoms with van der Waals surface area (Å²) in [4.78, 5) is 16.1. The van der Waals surface area contributed by atoms with Crippen LogP contribution in [0, 0.1) is 0 Å². The minimum atomic E-state index is -0.614. The van der Waals surface area contributed by atoms with E-state index in [0.29, 0.717) is 21.7 Å². The van der Waals surface area contributed by atoms with Crippen LogP contribution in [0.5, 0.6) is 0 Å². The number of carbonyl (C=O) groups excluding carboxylic acids is 1. The first-order valence-corrected chi connectivity index (χ1v) is 7.54. The number of benzene rings is 2. The molecule has 0 saturated heterocycles. The quantitative estimate of drug-likeness (QED) is 0.728. The number of para-hydroxylation sites is 1. The SMILES string of the molecule is NC(=O)c1cc2cc(Cl)ccc2oc1=Nc1ccccc1Br. The summed E-state index contributed by atoms with van der Waals surface area (Å²) in [5.74, 6) is -0.614. The van der Waals surface area contributed by atoms with Crippen LogP contribution in [0.2, 0.25) is 5.02 Å². The van der Waals surface area contributed by atoms with Crippen LogP contribution in [0.4, 0.5) is 5.69 Å². The van der Waals surface area contributed by atoms with Crippen LogP contribution in [-0.2, 0) is 0 Å². The zero-order valence-corrected chi connectivity index (χ0v) is 13.6. The van der Waals surface area contributed by atoms with E-state index in [2.05, 4.69) is 20.9 Å². The van der Waals surface area contributed by atoms with Crippen molar-refractivity contribution in [2.75, 3.05) is 0 Å². The molecule has 2 aromatic carbocycles. The Morgan fingerprint density at radius 2 is 1.95 bits per heavy atom. The summed E-state index contributed by atoms with van der Waals surface area (Å²) >= 11 is 9.36. The van der Waals surface area contributed by atoms with Gasteiger partial charge in [-0.1, -0.05) is 23.7 Å². The molecule has 0 aliphatic heterocycles. The highest BCUT2D eigenvalue weighted by Crippen LogP contribution is 2.24. The Morgan fingerprint density at radius 3 is 2.68 bits per heavy atom. The molecule has 0 aliphatic rings. The normalized spacial score (nSPS) is 11.8. The summed E-state index contributed by atoms with van der Waals surface area (Å²) in [6.45, 7) is 0. The maximum atomic E-state index is 11.7. The largest absolute Gasteiger partial charge is 0.438 e. The smallest absolute Gasteiger partial charge is 0.254 e. The van der Waals surface area contributed by atoms with Crippen molar-refractivity contribution in [2.45, 2.75) is 0 Å². The van der Waals surface area contributed by atoms with Crippen molar-refractivity contribution < 1.29 is 9.21 Å². The van der Waals surface area contributed by atoms with E-state index in [1.165, 1.54) is 0 Å². The van der Waals surface area contributed by atoms with E-state index in [-0.39, 0.29) is 11.1 Å². The second-order valence-corrected chi connectivity index (χ2v) is 5.87. The van der Waals surface area contributed by atoms with Gasteiger partial charge >= 0.3 is 0 Å². The molecule has 3 rings (SSSR count). The van der Waals surface area contributed by atoms with Crippen molar-refractivity contribution in [3.8, 4) is 0 Å². The molecule has 0 spiro atoms. The van der Waals surface area contributed by atoms with Crippen LogP contribution >= 0.6 is 27.5 Å². The Labute approximate surface area is 139 Å². The van der Waals surface area contributed by atoms with Crippen LogP contribution in [0.3, 0.4) is 0 Å². The molecule has 0 unspecified atom stereocenters. The molecule has 0 fully saturated rings. The molecule has 0 bridgehead atoms. The predicted octanol–water partition coefficient (Wildman–Crippen LogP) is 4.18. The fourth-order valence-electron chi connectivity index (χ4n) is 2.01. The van der Waals surface area contributed by atoms with E-state index >= 15 is 0 Å². The molecule has 22 heavy (non-hydrogen) atoms. The number of nitrogens with two attached hydrogens (primary N) is 1. The Kier molecular flexibility index (Phi) is 4.00. The monoisotopic (exact) mass is 376 g/mol. The van der Waals surface area contributed by atoms with Crippen LogP contribution in [0.15, 0.2) is 62.4 Å². The number of amides is 1. The van der Waals surface area contributed by atoms with E-state index < -0.39 is 5.91 Å². The van der Waals surface area contributed by atoms with Crippen molar-refractivity contribution in [3.05, 3.63) is 69.1 Å². The number of fused-ring (bicyclic) bond motifs is 1. The van der Waals surface area contributed by atoms with Crippen molar-refractivity contribution in [1.29, 1.82) is 0 Å². The van der Waals surface area contributed by atoms with Gasteiger partial charge in [-0.05, 0) is 52.3 Å². The molecular weight excluding hydrogens is 368 g/mol. The third-order valence-corrected chi connectivity index (χ3v) is 3.95. The van der Waals surface area contributed by atoms with Gasteiger partial charge in [0, 0.05) is 14.9 Å². The minimum Gasteiger partial charge on any atom is -0.438 e. The lowest BCUT2D eigenvalue weighted by Gasteiger charge is -2.03. The first-order chi connectivity index (χ1) is 10.5. The highest BCUT2D eigenvalue weighted by atomic mass is 79.9. The van der Waals surface area contributed by atoms with E-state index in [9.17, 15) is 4.79 Å². The number of hydrogen-bond donors (Lipinski definition) is 1. The van der Waals surface area contributed by atoms with Gasteiger partial charge in [0.05, 0.1) is 5.69 Å².